The Hall–Kier alpha value is -3.41. The van der Waals surface area contributed by atoms with Crippen LogP contribution >= 0.6 is 0 Å². The molecule has 0 saturated carbocycles. The molecule has 6 N–H and O–H groups in total. The van der Waals surface area contributed by atoms with E-state index in [1.165, 1.54) is 18.0 Å². The molecule has 0 fully saturated rings. The molecule has 0 radical (unpaired) electrons. The van der Waals surface area contributed by atoms with E-state index in [4.69, 9.17) is 8.97 Å². The first-order valence-corrected chi connectivity index (χ1v) is 11.5. The van der Waals surface area contributed by atoms with E-state index >= 15 is 0 Å². The fraction of sp³-hybridized carbons (Fsp3) is 0.273. The maximum Gasteiger partial charge on any atom is 0.357 e. The zero-order valence-electron chi connectivity index (χ0n) is 18.1. The Labute approximate surface area is 191 Å². The molecule has 176 valence electrons. The highest BCUT2D eigenvalue weighted by molar-refractivity contribution is 7.87. The lowest BCUT2D eigenvalue weighted by molar-refractivity contribution is -0.141. The first-order chi connectivity index (χ1) is 15.2. The smallest absolute Gasteiger partial charge is 0.357 e. The van der Waals surface area contributed by atoms with Crippen LogP contribution in [0.1, 0.15) is 23.1 Å². The van der Waals surface area contributed by atoms with Gasteiger partial charge in [0, 0.05) is 31.8 Å². The van der Waals surface area contributed by atoms with Gasteiger partial charge in [0.15, 0.2) is 0 Å². The Bertz CT molecular complexity index is 1290. The highest BCUT2D eigenvalue weighted by Crippen LogP contribution is 2.28. The number of nitrogens with one attached hydrogen (secondary N) is 2. The molecule has 2 amide bonds. The third-order valence-electron chi connectivity index (χ3n) is 5.62. The summed E-state index contributed by atoms with van der Waals surface area (Å²) in [5.74, 6) is -0.458. The minimum Gasteiger partial charge on any atom is -0.464 e. The summed E-state index contributed by atoms with van der Waals surface area (Å²) < 4.78 is 38.9. The van der Waals surface area contributed by atoms with Crippen LogP contribution in [0.15, 0.2) is 53.1 Å². The molecule has 2 aromatic carbocycles. The van der Waals surface area contributed by atoms with Gasteiger partial charge in [-0.2, -0.15) is 8.42 Å². The number of amides is 2. The number of furan rings is 1. The summed E-state index contributed by atoms with van der Waals surface area (Å²) in [6, 6.07) is 11.7. The molecule has 0 unspecified atom stereocenters. The molecule has 10 nitrogen and oxygen atoms in total. The average Bonchev–Trinajstić information content (AvgIpc) is 3.18. The van der Waals surface area contributed by atoms with E-state index in [1.54, 1.807) is 18.4 Å². The molecule has 1 aliphatic heterocycles. The molecule has 1 aliphatic rings. The summed E-state index contributed by atoms with van der Waals surface area (Å²) in [5, 5.41) is 3.57. The van der Waals surface area contributed by atoms with Crippen LogP contribution in [-0.4, -0.2) is 42.8 Å². The van der Waals surface area contributed by atoms with E-state index in [0.29, 0.717) is 18.4 Å². The Morgan fingerprint density at radius 2 is 1.94 bits per heavy atom. The highest BCUT2D eigenvalue weighted by atomic mass is 32.2. The van der Waals surface area contributed by atoms with Crippen molar-refractivity contribution in [3.63, 3.8) is 0 Å². The SMILES string of the molecule is CNC(=O)[C@@H]1Cc2ccc(NS(=O)(=O)O)cc2CN1C(=O)CCc1coc2ccccc12.N. The second kappa shape index (κ2) is 9.61. The van der Waals surface area contributed by atoms with Crippen LogP contribution in [0.3, 0.4) is 0 Å². The number of anilines is 1. The van der Waals surface area contributed by atoms with Crippen LogP contribution in [0.25, 0.3) is 11.0 Å². The molecule has 11 heteroatoms. The van der Waals surface area contributed by atoms with Crippen molar-refractivity contribution in [3.8, 4) is 0 Å². The Morgan fingerprint density at radius 1 is 1.18 bits per heavy atom. The molecule has 0 aliphatic carbocycles. The normalized spacial score (nSPS) is 15.5. The maximum atomic E-state index is 13.1. The molecule has 1 aromatic heterocycles. The summed E-state index contributed by atoms with van der Waals surface area (Å²) in [7, 11) is -2.89. The lowest BCUT2D eigenvalue weighted by Gasteiger charge is -2.36. The van der Waals surface area contributed by atoms with Gasteiger partial charge >= 0.3 is 10.3 Å². The molecule has 33 heavy (non-hydrogen) atoms. The van der Waals surface area contributed by atoms with E-state index in [0.717, 1.165) is 22.1 Å². The summed E-state index contributed by atoms with van der Waals surface area (Å²) in [5.41, 5.74) is 3.40. The van der Waals surface area contributed by atoms with Gasteiger partial charge in [-0.15, -0.1) is 0 Å². The molecule has 2 heterocycles. The summed E-state index contributed by atoms with van der Waals surface area (Å²) >= 11 is 0. The number of hydrogen-bond acceptors (Lipinski definition) is 6. The van der Waals surface area contributed by atoms with Crippen molar-refractivity contribution in [2.45, 2.75) is 31.8 Å². The van der Waals surface area contributed by atoms with Crippen LogP contribution in [0.5, 0.6) is 0 Å². The molecule has 1 atom stereocenters. The molecular weight excluding hydrogens is 448 g/mol. The van der Waals surface area contributed by atoms with Crippen LogP contribution in [0.4, 0.5) is 5.69 Å². The number of likely N-dealkylation sites (N-methyl/N-ethyl adjacent to an activating group) is 1. The molecule has 0 saturated heterocycles. The number of fused-ring (bicyclic) bond motifs is 2. The monoisotopic (exact) mass is 474 g/mol. The van der Waals surface area contributed by atoms with Crippen LogP contribution < -0.4 is 16.2 Å². The van der Waals surface area contributed by atoms with E-state index < -0.39 is 16.3 Å². The number of para-hydroxylation sites is 1. The number of carbonyl (C=O) groups is 2. The maximum absolute atomic E-state index is 13.1. The predicted octanol–water partition coefficient (Wildman–Crippen LogP) is 2.44. The minimum atomic E-state index is -4.42. The number of hydrogen-bond donors (Lipinski definition) is 4. The molecule has 3 aromatic rings. The topological polar surface area (TPSA) is 164 Å². The fourth-order valence-corrected chi connectivity index (χ4v) is 4.50. The zero-order valence-corrected chi connectivity index (χ0v) is 18.9. The van der Waals surface area contributed by atoms with Crippen LogP contribution in [-0.2, 0) is 39.3 Å². The van der Waals surface area contributed by atoms with Gasteiger partial charge in [-0.05, 0) is 41.3 Å². The number of benzene rings is 2. The highest BCUT2D eigenvalue weighted by Gasteiger charge is 2.34. The van der Waals surface area contributed by atoms with E-state index in [2.05, 4.69) is 5.32 Å². The standard InChI is InChI=1S/C22H23N3O6S.H3N/c1-23-22(27)19-11-14-6-8-17(24-32(28,29)30)10-16(14)12-25(19)21(26)9-7-15-13-31-20-5-3-2-4-18(15)20;/h2-6,8,10,13,19,24H,7,9,11-12H2,1H3,(H,23,27)(H,28,29,30);1H3/t19-;/m0./s1. The Balaban J connectivity index is 0.00000306. The van der Waals surface area contributed by atoms with Gasteiger partial charge in [0.05, 0.1) is 12.0 Å². The van der Waals surface area contributed by atoms with Crippen molar-refractivity contribution < 1.29 is 27.0 Å². The van der Waals surface area contributed by atoms with E-state index in [1.807, 2.05) is 29.0 Å². The zero-order chi connectivity index (χ0) is 22.9. The first-order valence-electron chi connectivity index (χ1n) is 10.1. The van der Waals surface area contributed by atoms with Gasteiger partial charge < -0.3 is 20.8 Å². The average molecular weight is 475 g/mol. The van der Waals surface area contributed by atoms with E-state index in [9.17, 15) is 18.0 Å². The van der Waals surface area contributed by atoms with Crippen LogP contribution in [0, 0.1) is 0 Å². The predicted molar refractivity (Wildman–Crippen MR) is 123 cm³/mol. The van der Waals surface area contributed by atoms with Gasteiger partial charge in [-0.3, -0.25) is 18.9 Å². The van der Waals surface area contributed by atoms with Gasteiger partial charge in [0.1, 0.15) is 11.6 Å². The third kappa shape index (κ3) is 5.33. The van der Waals surface area contributed by atoms with Crippen molar-refractivity contribution in [1.29, 1.82) is 0 Å². The van der Waals surface area contributed by atoms with Crippen molar-refractivity contribution in [2.75, 3.05) is 11.8 Å². The van der Waals surface area contributed by atoms with Crippen molar-refractivity contribution in [3.05, 3.63) is 65.4 Å². The lowest BCUT2D eigenvalue weighted by atomic mass is 9.92. The largest absolute Gasteiger partial charge is 0.464 e. The summed E-state index contributed by atoms with van der Waals surface area (Å²) in [6.07, 6.45) is 2.60. The summed E-state index contributed by atoms with van der Waals surface area (Å²) in [4.78, 5) is 27.2. The molecular formula is C22H26N4O6S. The van der Waals surface area contributed by atoms with Crippen molar-refractivity contribution in [1.82, 2.24) is 16.4 Å². The Morgan fingerprint density at radius 3 is 2.67 bits per heavy atom. The quantitative estimate of drug-likeness (QED) is 0.398. The number of rotatable bonds is 6. The Kier molecular flexibility index (Phi) is 7.06. The molecule has 0 bridgehead atoms. The minimum absolute atomic E-state index is 0. The molecule has 4 rings (SSSR count). The first kappa shape index (κ1) is 24.2. The van der Waals surface area contributed by atoms with Crippen molar-refractivity contribution in [2.24, 2.45) is 0 Å². The summed E-state index contributed by atoms with van der Waals surface area (Å²) in [6.45, 7) is 0.152. The lowest BCUT2D eigenvalue weighted by Crippen LogP contribution is -2.52. The van der Waals surface area contributed by atoms with Gasteiger partial charge in [0.25, 0.3) is 0 Å². The third-order valence-corrected chi connectivity index (χ3v) is 6.12. The molecule has 0 spiro atoms. The van der Waals surface area contributed by atoms with Crippen LogP contribution in [0.2, 0.25) is 0 Å². The fourth-order valence-electron chi connectivity index (χ4n) is 4.07. The van der Waals surface area contributed by atoms with Gasteiger partial charge in [-0.25, -0.2) is 0 Å². The number of aryl methyl sites for hydroxylation is 1. The van der Waals surface area contributed by atoms with Gasteiger partial charge in [0.2, 0.25) is 11.8 Å². The second-order valence-electron chi connectivity index (χ2n) is 7.67. The van der Waals surface area contributed by atoms with E-state index in [-0.39, 0.29) is 36.6 Å². The second-order valence-corrected chi connectivity index (χ2v) is 8.83. The number of carbonyl (C=O) groups excluding carboxylic acids is 2. The van der Waals surface area contributed by atoms with Gasteiger partial charge in [-0.1, -0.05) is 24.3 Å². The van der Waals surface area contributed by atoms with Crippen molar-refractivity contribution >= 4 is 38.8 Å². The number of nitrogens with zero attached hydrogens (tertiary/aromatic N) is 1.